The predicted molar refractivity (Wildman–Crippen MR) is 385 cm³/mol. The first-order chi connectivity index (χ1) is 45.7. The summed E-state index contributed by atoms with van der Waals surface area (Å²) >= 11 is 0. The van der Waals surface area contributed by atoms with Gasteiger partial charge in [-0.1, -0.05) is 164 Å². The Bertz CT molecular complexity index is 6460. The van der Waals surface area contributed by atoms with Crippen LogP contribution < -0.4 is 0 Å². The normalized spacial score (nSPS) is 12.1. The molecule has 92 heavy (non-hydrogen) atoms. The summed E-state index contributed by atoms with van der Waals surface area (Å²) in [5.74, 6) is 0. The molecule has 0 N–H and O–H groups in total. The lowest BCUT2D eigenvalue weighted by atomic mass is 9.95. The van der Waals surface area contributed by atoms with Crippen molar-refractivity contribution in [3.05, 3.63) is 322 Å². The topological polar surface area (TPSA) is 42.5 Å². The van der Waals surface area contributed by atoms with E-state index >= 15 is 0 Å². The van der Waals surface area contributed by atoms with Crippen LogP contribution in [-0.4, -0.2) is 32.4 Å². The van der Waals surface area contributed by atoms with Gasteiger partial charge in [-0.2, -0.15) is 0 Å². The smallest absolute Gasteiger partial charge is 0.0787 e. The average Bonchev–Trinajstić information content (AvgIpc) is 1.18. The fourth-order valence-corrected chi connectivity index (χ4v) is 15.6. The summed E-state index contributed by atoms with van der Waals surface area (Å²) in [6.45, 7) is 0. The molecule has 14 aromatic carbocycles. The Morgan fingerprint density at radius 1 is 0.174 bits per heavy atom. The summed E-state index contributed by atoms with van der Waals surface area (Å²) in [5.41, 5.74) is 18.9. The van der Waals surface area contributed by atoms with E-state index in [-0.39, 0.29) is 0 Å². The highest BCUT2D eigenvalue weighted by Gasteiger charge is 2.22. The van der Waals surface area contributed by atoms with Gasteiger partial charge in [-0.05, 0) is 166 Å². The Hall–Kier alpha value is -12.5. The molecule has 0 unspecified atom stereocenters. The van der Waals surface area contributed by atoms with E-state index in [2.05, 4.69) is 343 Å². The largest absolute Gasteiger partial charge is 0.314 e. The van der Waals surface area contributed by atoms with Crippen molar-refractivity contribution in [1.82, 2.24) is 32.4 Å². The van der Waals surface area contributed by atoms with Crippen LogP contribution in [0.15, 0.2) is 322 Å². The Labute approximate surface area is 526 Å². The van der Waals surface area contributed by atoms with E-state index in [1.54, 1.807) is 0 Å². The SMILES string of the molecule is c1ccc(-n2ccn(-c3ccccc3)c3cc4c(cc32)c2ccc(-n3c5ccccc5c5cc(-n6c7ccccc7c7ccccc76)ccc53)cc2c2cc(-n3c5ccccc5c5cc(-n6c7ccccc7c7ccccc76)ccc53)ccc2c2cccnc24)cc1. The molecule has 0 aliphatic heterocycles. The lowest BCUT2D eigenvalue weighted by molar-refractivity contribution is 1.01. The van der Waals surface area contributed by atoms with Crippen LogP contribution >= 0.6 is 0 Å². The monoisotopic (exact) mass is 1170 g/mol. The molecule has 0 saturated heterocycles. The summed E-state index contributed by atoms with van der Waals surface area (Å²) < 4.78 is 14.4. The van der Waals surface area contributed by atoms with Gasteiger partial charge in [0, 0.05) is 107 Å². The fourth-order valence-electron chi connectivity index (χ4n) is 15.6. The van der Waals surface area contributed by atoms with Crippen molar-refractivity contribution < 1.29 is 0 Å². The minimum absolute atomic E-state index is 0.929. The van der Waals surface area contributed by atoms with Gasteiger partial charge in [0.05, 0.1) is 60.7 Å². The van der Waals surface area contributed by atoms with Crippen LogP contribution in [0.4, 0.5) is 0 Å². The molecule has 20 rings (SSSR count). The predicted octanol–water partition coefficient (Wildman–Crippen LogP) is 21.9. The van der Waals surface area contributed by atoms with Gasteiger partial charge < -0.3 is 27.4 Å². The van der Waals surface area contributed by atoms with E-state index in [1.165, 1.54) is 65.2 Å². The van der Waals surface area contributed by atoms with Gasteiger partial charge in [0.1, 0.15) is 0 Å². The number of hydrogen-bond acceptors (Lipinski definition) is 1. The second-order valence-corrected chi connectivity index (χ2v) is 24.3. The molecule has 20 aromatic rings. The molecule has 0 bridgehead atoms. The molecule has 0 radical (unpaired) electrons. The van der Waals surface area contributed by atoms with Gasteiger partial charge in [0.25, 0.3) is 0 Å². The number of nitrogens with zero attached hydrogens (tertiary/aromatic N) is 7. The van der Waals surface area contributed by atoms with Crippen molar-refractivity contribution in [3.8, 4) is 34.1 Å². The maximum atomic E-state index is 5.40. The van der Waals surface area contributed by atoms with E-state index in [0.717, 1.165) is 110 Å². The van der Waals surface area contributed by atoms with Crippen LogP contribution in [0.3, 0.4) is 0 Å². The molecule has 7 nitrogen and oxygen atoms in total. The lowest BCUT2D eigenvalue weighted by Crippen LogP contribution is -2.05. The van der Waals surface area contributed by atoms with Crippen LogP contribution in [0.1, 0.15) is 0 Å². The quantitative estimate of drug-likeness (QED) is 0.164. The van der Waals surface area contributed by atoms with Crippen molar-refractivity contribution in [2.75, 3.05) is 0 Å². The third kappa shape index (κ3) is 7.30. The van der Waals surface area contributed by atoms with Gasteiger partial charge in [0.2, 0.25) is 0 Å². The zero-order valence-corrected chi connectivity index (χ0v) is 49.7. The standard InChI is InChI=1S/C85H53N7/c1-3-20-54(21-4-1)87-46-47-88(55-22-5-2-6-23-55)84-53-74-71(52-83(84)87)61-42-38-57(92-80-36-18-12-29-67(80)73-51-59(40-44-82(73)92)90-77-33-15-9-26-64(77)65-27-10-16-34-78(65)90)49-70(61)69-48-56(37-41-60(69)68-30-19-45-86-85(68)74)91-79-35-17-11-28-66(79)72-50-58(39-43-81(72)91)89-75-31-13-7-24-62(75)63-25-8-14-32-76(63)89/h1-53H. The van der Waals surface area contributed by atoms with Crippen molar-refractivity contribution in [1.29, 1.82) is 0 Å². The number of benzene rings is 13. The zero-order valence-electron chi connectivity index (χ0n) is 49.7. The summed E-state index contributed by atoms with van der Waals surface area (Å²) in [7, 11) is 0. The molecular weight excluding hydrogens is 1120 g/mol. The third-order valence-electron chi connectivity index (χ3n) is 19.5. The molecule has 6 aromatic heterocycles. The first-order valence-electron chi connectivity index (χ1n) is 31.5. The van der Waals surface area contributed by atoms with E-state index in [0.29, 0.717) is 0 Å². The van der Waals surface area contributed by atoms with Crippen LogP contribution in [0.5, 0.6) is 0 Å². The number of para-hydroxylation sites is 8. The van der Waals surface area contributed by atoms with Gasteiger partial charge in [-0.25, -0.2) is 0 Å². The molecule has 0 aliphatic carbocycles. The first-order valence-corrected chi connectivity index (χ1v) is 31.5. The van der Waals surface area contributed by atoms with Crippen molar-refractivity contribution >= 4 is 141 Å². The number of rotatable bonds is 6. The highest BCUT2D eigenvalue weighted by molar-refractivity contribution is 6.27. The Morgan fingerprint density at radius 2 is 0.467 bits per heavy atom. The molecule has 0 fully saturated rings. The maximum Gasteiger partial charge on any atom is 0.0787 e. The van der Waals surface area contributed by atoms with E-state index in [9.17, 15) is 0 Å². The highest BCUT2D eigenvalue weighted by atomic mass is 15.1. The van der Waals surface area contributed by atoms with Gasteiger partial charge in [-0.15, -0.1) is 0 Å². The van der Waals surface area contributed by atoms with Crippen LogP contribution in [0, 0.1) is 0 Å². The third-order valence-corrected chi connectivity index (χ3v) is 19.5. The molecular formula is C85H53N7. The number of aromatic nitrogens is 7. The number of pyridine rings is 1. The van der Waals surface area contributed by atoms with E-state index < -0.39 is 0 Å². The Morgan fingerprint density at radius 3 is 0.870 bits per heavy atom. The first kappa shape index (κ1) is 50.5. The number of fused-ring (bicyclic) bond motifs is 21. The molecule has 0 atom stereocenters. The maximum absolute atomic E-state index is 5.40. The molecule has 428 valence electrons. The molecule has 0 saturated carbocycles. The van der Waals surface area contributed by atoms with Gasteiger partial charge in [-0.3, -0.25) is 4.98 Å². The molecule has 6 heterocycles. The van der Waals surface area contributed by atoms with Crippen LogP contribution in [0.2, 0.25) is 0 Å². The summed E-state index contributed by atoms with van der Waals surface area (Å²) in [6, 6.07) is 112. The van der Waals surface area contributed by atoms with E-state index in [1.807, 2.05) is 6.20 Å². The summed E-state index contributed by atoms with van der Waals surface area (Å²) in [5, 5.41) is 17.4. The average molecular weight is 1170 g/mol. The minimum Gasteiger partial charge on any atom is -0.314 e. The Balaban J connectivity index is 0.896. The van der Waals surface area contributed by atoms with Crippen molar-refractivity contribution in [2.45, 2.75) is 0 Å². The zero-order chi connectivity index (χ0) is 60.1. The molecule has 0 spiro atoms. The summed E-state index contributed by atoms with van der Waals surface area (Å²) in [4.78, 5) is 5.40. The molecule has 0 amide bonds. The summed E-state index contributed by atoms with van der Waals surface area (Å²) in [6.07, 6.45) is 6.34. The second kappa shape index (κ2) is 19.5. The second-order valence-electron chi connectivity index (χ2n) is 24.3. The minimum atomic E-state index is 0.929. The van der Waals surface area contributed by atoms with Crippen molar-refractivity contribution in [2.24, 2.45) is 0 Å². The fraction of sp³-hybridized carbons (Fsp3) is 0. The van der Waals surface area contributed by atoms with E-state index in [4.69, 9.17) is 4.98 Å². The van der Waals surface area contributed by atoms with Crippen LogP contribution in [0.25, 0.3) is 176 Å². The van der Waals surface area contributed by atoms with Gasteiger partial charge >= 0.3 is 0 Å². The highest BCUT2D eigenvalue weighted by Crippen LogP contribution is 2.44. The Kier molecular flexibility index (Phi) is 10.7. The van der Waals surface area contributed by atoms with Crippen molar-refractivity contribution in [3.63, 3.8) is 0 Å². The van der Waals surface area contributed by atoms with Crippen LogP contribution in [-0.2, 0) is 0 Å². The molecule has 0 aliphatic rings. The van der Waals surface area contributed by atoms with Gasteiger partial charge in [0.15, 0.2) is 0 Å². The molecule has 7 heteroatoms. The lowest BCUT2D eigenvalue weighted by Gasteiger charge is -2.19. The number of hydrogen-bond donors (Lipinski definition) is 0.